The van der Waals surface area contributed by atoms with Crippen molar-refractivity contribution in [1.82, 2.24) is 18.3 Å². The zero-order valence-corrected chi connectivity index (χ0v) is 42.7. The predicted molar refractivity (Wildman–Crippen MR) is 334 cm³/mol. The van der Waals surface area contributed by atoms with E-state index in [1.54, 1.807) is 0 Å². The molecule has 0 aliphatic carbocycles. The number of hydrogen-bond acceptors (Lipinski definition) is 0. The average Bonchev–Trinajstić information content (AvgIpc) is 3.63. The van der Waals surface area contributed by atoms with E-state index in [2.05, 4.69) is 279 Å². The van der Waals surface area contributed by atoms with Gasteiger partial charge in [-0.25, -0.2) is 0 Å². The Labute approximate surface area is 453 Å². The lowest BCUT2D eigenvalue weighted by Gasteiger charge is -2.35. The molecule has 0 fully saturated rings. The zero-order valence-electron chi connectivity index (χ0n) is 42.7. The normalized spacial score (nSPS) is 12.8. The minimum atomic E-state index is -0.110. The van der Waals surface area contributed by atoms with Crippen LogP contribution in [0.4, 0.5) is 0 Å². The molecular weight excluding hydrogens is 956 g/mol. The number of fused-ring (bicyclic) bond motifs is 20. The molecule has 0 N–H and O–H groups in total. The number of hydrogen-bond donors (Lipinski definition) is 0. The molecule has 0 radical (unpaired) electrons. The van der Waals surface area contributed by atoms with E-state index < -0.39 is 0 Å². The Bertz CT molecular complexity index is 5190. The third-order valence-electron chi connectivity index (χ3n) is 18.0. The van der Waals surface area contributed by atoms with Crippen LogP contribution < -0.4 is 16.4 Å². The molecule has 0 saturated heterocycles. The SMILES string of the molecule is c1ccc(-n2c3ccccc3c3cc4c5c(cc6c7ccccc7n(-c7ccccc7)c46)B4c6c(cccc6-c6c7c4cc4c8ccccc8n(-c8ccccc8)c4c7cc4c7ccccc7n(-c7ccccc7)c64)-c5c32)cc1. The molecule has 0 saturated carbocycles. The van der Waals surface area contributed by atoms with Crippen LogP contribution in [0.25, 0.3) is 154 Å². The maximum Gasteiger partial charge on any atom is 0.244 e. The Morgan fingerprint density at radius 3 is 0.861 bits per heavy atom. The average molecular weight is 999 g/mol. The van der Waals surface area contributed by atoms with Gasteiger partial charge in [-0.1, -0.05) is 192 Å². The van der Waals surface area contributed by atoms with Crippen LogP contribution in [0.2, 0.25) is 0 Å². The minimum absolute atomic E-state index is 0.110. The topological polar surface area (TPSA) is 19.7 Å². The van der Waals surface area contributed by atoms with E-state index in [1.807, 2.05) is 0 Å². The van der Waals surface area contributed by atoms with Gasteiger partial charge in [0.1, 0.15) is 0 Å². The van der Waals surface area contributed by atoms with Crippen molar-refractivity contribution < 1.29 is 0 Å². The van der Waals surface area contributed by atoms with Gasteiger partial charge in [0.2, 0.25) is 6.71 Å². The van der Waals surface area contributed by atoms with E-state index >= 15 is 0 Å². The smallest absolute Gasteiger partial charge is 0.244 e. The molecule has 4 aromatic heterocycles. The van der Waals surface area contributed by atoms with Crippen LogP contribution in [-0.2, 0) is 0 Å². The summed E-state index contributed by atoms with van der Waals surface area (Å²) in [6, 6.07) is 98.1. The van der Waals surface area contributed by atoms with Gasteiger partial charge >= 0.3 is 0 Å². The van der Waals surface area contributed by atoms with Crippen LogP contribution in [0, 0.1) is 0 Å². The third-order valence-corrected chi connectivity index (χ3v) is 18.0. The summed E-state index contributed by atoms with van der Waals surface area (Å²) >= 11 is 0. The molecule has 0 atom stereocenters. The number of benzene rings is 13. The molecule has 5 heteroatoms. The highest BCUT2D eigenvalue weighted by Crippen LogP contribution is 2.52. The molecule has 2 aliphatic rings. The Morgan fingerprint density at radius 1 is 0.228 bits per heavy atom. The second kappa shape index (κ2) is 15.2. The second-order valence-electron chi connectivity index (χ2n) is 21.8. The van der Waals surface area contributed by atoms with Crippen LogP contribution in [0.5, 0.6) is 0 Å². The molecule has 17 aromatic rings. The number of para-hydroxylation sites is 8. The van der Waals surface area contributed by atoms with Gasteiger partial charge in [0, 0.05) is 87.7 Å². The fraction of sp³-hybridized carbons (Fsp3) is 0. The first-order valence-corrected chi connectivity index (χ1v) is 27.6. The number of nitrogens with zero attached hydrogens (tertiary/aromatic N) is 4. The predicted octanol–water partition coefficient (Wildman–Crippen LogP) is 16.9. The van der Waals surface area contributed by atoms with E-state index in [-0.39, 0.29) is 6.71 Å². The van der Waals surface area contributed by atoms with Gasteiger partial charge in [-0.3, -0.25) is 0 Å². The summed E-state index contributed by atoms with van der Waals surface area (Å²) in [6.45, 7) is -0.110. The highest BCUT2D eigenvalue weighted by atomic mass is 15.0. The Hall–Kier alpha value is -10.4. The van der Waals surface area contributed by atoms with Crippen molar-refractivity contribution in [3.8, 4) is 45.0 Å². The lowest BCUT2D eigenvalue weighted by molar-refractivity contribution is 1.18. The first kappa shape index (κ1) is 41.8. The van der Waals surface area contributed by atoms with Crippen molar-refractivity contribution in [1.29, 1.82) is 0 Å². The van der Waals surface area contributed by atoms with E-state index in [9.17, 15) is 0 Å². The third kappa shape index (κ3) is 5.25. The van der Waals surface area contributed by atoms with Crippen LogP contribution in [0.3, 0.4) is 0 Å². The van der Waals surface area contributed by atoms with Gasteiger partial charge in [0.25, 0.3) is 0 Å². The first-order chi connectivity index (χ1) is 39.3. The van der Waals surface area contributed by atoms with Gasteiger partial charge in [0.15, 0.2) is 0 Å². The number of rotatable bonds is 4. The van der Waals surface area contributed by atoms with Crippen molar-refractivity contribution in [3.05, 3.63) is 261 Å². The van der Waals surface area contributed by atoms with Crippen LogP contribution in [0.15, 0.2) is 261 Å². The summed E-state index contributed by atoms with van der Waals surface area (Å²) < 4.78 is 10.2. The van der Waals surface area contributed by atoms with Crippen molar-refractivity contribution in [2.75, 3.05) is 0 Å². The molecule has 19 rings (SSSR count). The molecule has 0 unspecified atom stereocenters. The van der Waals surface area contributed by atoms with E-state index in [4.69, 9.17) is 0 Å². The van der Waals surface area contributed by atoms with Crippen molar-refractivity contribution in [3.63, 3.8) is 0 Å². The first-order valence-electron chi connectivity index (χ1n) is 27.6. The largest absolute Gasteiger partial charge is 0.309 e. The lowest BCUT2D eigenvalue weighted by Crippen LogP contribution is -2.57. The summed E-state index contributed by atoms with van der Waals surface area (Å²) in [7, 11) is 0. The molecule has 2 aliphatic heterocycles. The highest BCUT2D eigenvalue weighted by Gasteiger charge is 2.43. The maximum atomic E-state index is 2.63. The van der Waals surface area contributed by atoms with E-state index in [0.717, 1.165) is 22.7 Å². The molecule has 79 heavy (non-hydrogen) atoms. The summed E-state index contributed by atoms with van der Waals surface area (Å²) in [6.07, 6.45) is 0. The number of aromatic nitrogens is 4. The van der Waals surface area contributed by atoms with Gasteiger partial charge < -0.3 is 18.3 Å². The van der Waals surface area contributed by atoms with Crippen molar-refractivity contribution in [2.24, 2.45) is 0 Å². The van der Waals surface area contributed by atoms with Crippen LogP contribution >= 0.6 is 0 Å². The highest BCUT2D eigenvalue weighted by molar-refractivity contribution is 7.02. The standard InChI is InChI=1S/C74H43BN4/c1-5-22-44(23-6-1)76-62-36-17-15-32-50(62)56-42-60-66-58(71(56)76)40-54-48-30-13-19-38-64(48)78(46-26-9-3-10-27-46)73(54)68(66)52-34-21-35-53-69-67-59(41-55-49-31-14-20-39-65(49)79(74(55)69)47-28-11-4-12-29-47)72-57(43-61(67)75(60)70(52)53)51-33-16-18-37-63(51)77(72)45-24-7-2-8-25-45/h1-43H. The molecular formula is C74H43BN4. The molecule has 6 heterocycles. The van der Waals surface area contributed by atoms with Gasteiger partial charge in [-0.05, 0) is 107 Å². The molecule has 362 valence electrons. The lowest BCUT2D eigenvalue weighted by atomic mass is 9.31. The van der Waals surface area contributed by atoms with Crippen LogP contribution in [0.1, 0.15) is 0 Å². The molecule has 0 bridgehead atoms. The molecule has 4 nitrogen and oxygen atoms in total. The maximum absolute atomic E-state index is 2.63. The summed E-state index contributed by atoms with van der Waals surface area (Å²) in [4.78, 5) is 0. The van der Waals surface area contributed by atoms with Crippen molar-refractivity contribution in [2.45, 2.75) is 0 Å². The van der Waals surface area contributed by atoms with Crippen LogP contribution in [-0.4, -0.2) is 25.0 Å². The second-order valence-corrected chi connectivity index (χ2v) is 21.8. The quantitative estimate of drug-likeness (QED) is 0.157. The fourth-order valence-electron chi connectivity index (χ4n) is 15.2. The van der Waals surface area contributed by atoms with E-state index in [1.165, 1.54) is 147 Å². The summed E-state index contributed by atoms with van der Waals surface area (Å²) in [5, 5.41) is 15.2. The molecule has 13 aromatic carbocycles. The Balaban J connectivity index is 1.09. The summed E-state index contributed by atoms with van der Waals surface area (Å²) in [5.74, 6) is 0. The Kier molecular flexibility index (Phi) is 8.04. The zero-order chi connectivity index (χ0) is 51.2. The Morgan fingerprint density at radius 2 is 0.519 bits per heavy atom. The minimum Gasteiger partial charge on any atom is -0.309 e. The fourth-order valence-corrected chi connectivity index (χ4v) is 15.2. The van der Waals surface area contributed by atoms with Gasteiger partial charge in [0.05, 0.1) is 44.1 Å². The summed E-state index contributed by atoms with van der Waals surface area (Å²) in [5.41, 5.74) is 23.6. The van der Waals surface area contributed by atoms with Gasteiger partial charge in [-0.15, -0.1) is 0 Å². The van der Waals surface area contributed by atoms with E-state index in [0.29, 0.717) is 0 Å². The van der Waals surface area contributed by atoms with Crippen molar-refractivity contribution >= 4 is 132 Å². The monoisotopic (exact) mass is 998 g/mol. The molecule has 0 spiro atoms. The van der Waals surface area contributed by atoms with Gasteiger partial charge in [-0.2, -0.15) is 0 Å². The molecule has 0 amide bonds.